The van der Waals surface area contributed by atoms with Gasteiger partial charge in [0, 0.05) is 0 Å². The molecule has 0 saturated heterocycles. The molecule has 0 aliphatic heterocycles. The van der Waals surface area contributed by atoms with Gasteiger partial charge in [0.05, 0.1) is 19.3 Å². The number of rotatable bonds is 2. The SMILES string of the molecule is COC(=O)c1cc(C)c(CO)cc1C. The molecule has 14 heavy (non-hydrogen) atoms. The van der Waals surface area contributed by atoms with Crippen molar-refractivity contribution in [2.75, 3.05) is 7.11 Å². The minimum atomic E-state index is -0.338. The third-order valence-corrected chi connectivity index (χ3v) is 2.26. The molecule has 0 aliphatic carbocycles. The van der Waals surface area contributed by atoms with Crippen molar-refractivity contribution in [1.82, 2.24) is 0 Å². The highest BCUT2D eigenvalue weighted by Gasteiger charge is 2.11. The Balaban J connectivity index is 3.21. The van der Waals surface area contributed by atoms with Crippen LogP contribution in [0.3, 0.4) is 0 Å². The van der Waals surface area contributed by atoms with Crippen LogP contribution < -0.4 is 0 Å². The normalized spacial score (nSPS) is 10.0. The number of hydrogen-bond donors (Lipinski definition) is 1. The fourth-order valence-electron chi connectivity index (χ4n) is 1.38. The van der Waals surface area contributed by atoms with Gasteiger partial charge in [-0.3, -0.25) is 0 Å². The molecule has 0 heterocycles. The van der Waals surface area contributed by atoms with E-state index in [2.05, 4.69) is 4.74 Å². The standard InChI is InChI=1S/C11H14O3/c1-7-5-10(11(13)14-3)8(2)4-9(7)6-12/h4-5,12H,6H2,1-3H3. The molecule has 1 aromatic rings. The summed E-state index contributed by atoms with van der Waals surface area (Å²) in [6, 6.07) is 3.55. The molecule has 3 nitrogen and oxygen atoms in total. The maximum Gasteiger partial charge on any atom is 0.338 e. The number of methoxy groups -OCH3 is 1. The Morgan fingerprint density at radius 1 is 1.36 bits per heavy atom. The minimum absolute atomic E-state index is 0.00583. The Kier molecular flexibility index (Phi) is 3.25. The summed E-state index contributed by atoms with van der Waals surface area (Å²) >= 11 is 0. The Labute approximate surface area is 83.3 Å². The van der Waals surface area contributed by atoms with Crippen molar-refractivity contribution in [2.45, 2.75) is 20.5 Å². The van der Waals surface area contributed by atoms with Crippen LogP contribution in [0.15, 0.2) is 12.1 Å². The van der Waals surface area contributed by atoms with Gasteiger partial charge in [0.15, 0.2) is 0 Å². The van der Waals surface area contributed by atoms with E-state index in [0.717, 1.165) is 16.7 Å². The summed E-state index contributed by atoms with van der Waals surface area (Å²) in [5.41, 5.74) is 3.13. The first kappa shape index (κ1) is 10.7. The molecule has 0 radical (unpaired) electrons. The molecule has 0 spiro atoms. The second kappa shape index (κ2) is 4.24. The molecule has 1 aromatic carbocycles. The molecule has 1 N–H and O–H groups in total. The molecule has 0 unspecified atom stereocenters. The Morgan fingerprint density at radius 2 is 2.00 bits per heavy atom. The molecular weight excluding hydrogens is 180 g/mol. The largest absolute Gasteiger partial charge is 0.465 e. The predicted octanol–water partition coefficient (Wildman–Crippen LogP) is 1.58. The summed E-state index contributed by atoms with van der Waals surface area (Å²) in [6.45, 7) is 3.68. The lowest BCUT2D eigenvalue weighted by Crippen LogP contribution is -2.05. The topological polar surface area (TPSA) is 46.5 Å². The van der Waals surface area contributed by atoms with Crippen LogP contribution in [0.1, 0.15) is 27.0 Å². The number of hydrogen-bond acceptors (Lipinski definition) is 3. The summed E-state index contributed by atoms with van der Waals surface area (Å²) in [4.78, 5) is 11.3. The average molecular weight is 194 g/mol. The zero-order chi connectivity index (χ0) is 10.7. The van der Waals surface area contributed by atoms with E-state index in [4.69, 9.17) is 5.11 Å². The van der Waals surface area contributed by atoms with E-state index < -0.39 is 0 Å². The van der Waals surface area contributed by atoms with Crippen molar-refractivity contribution in [2.24, 2.45) is 0 Å². The summed E-state index contributed by atoms with van der Waals surface area (Å²) in [7, 11) is 1.36. The van der Waals surface area contributed by atoms with Crippen LogP contribution in [0, 0.1) is 13.8 Å². The fraction of sp³-hybridized carbons (Fsp3) is 0.364. The van der Waals surface area contributed by atoms with Gasteiger partial charge in [-0.1, -0.05) is 6.07 Å². The van der Waals surface area contributed by atoms with Crippen molar-refractivity contribution in [3.05, 3.63) is 34.4 Å². The van der Waals surface area contributed by atoms with E-state index in [1.165, 1.54) is 7.11 Å². The molecule has 0 fully saturated rings. The van der Waals surface area contributed by atoms with Gasteiger partial charge in [-0.2, -0.15) is 0 Å². The molecule has 0 aliphatic rings. The highest BCUT2D eigenvalue weighted by molar-refractivity contribution is 5.91. The van der Waals surface area contributed by atoms with Crippen LogP contribution >= 0.6 is 0 Å². The zero-order valence-electron chi connectivity index (χ0n) is 8.63. The Bertz CT molecular complexity index is 356. The van der Waals surface area contributed by atoms with Crippen molar-refractivity contribution in [3.63, 3.8) is 0 Å². The molecule has 1 rings (SSSR count). The summed E-state index contributed by atoms with van der Waals surface area (Å²) in [5, 5.41) is 9.01. The van der Waals surface area contributed by atoms with Crippen molar-refractivity contribution in [3.8, 4) is 0 Å². The lowest BCUT2D eigenvalue weighted by atomic mass is 10.0. The molecule has 76 valence electrons. The van der Waals surface area contributed by atoms with E-state index >= 15 is 0 Å². The first-order valence-electron chi connectivity index (χ1n) is 4.39. The molecule has 0 aromatic heterocycles. The van der Waals surface area contributed by atoms with Gasteiger partial charge in [0.1, 0.15) is 0 Å². The molecule has 0 saturated carbocycles. The number of aliphatic hydroxyl groups is 1. The van der Waals surface area contributed by atoms with Gasteiger partial charge in [0.2, 0.25) is 0 Å². The van der Waals surface area contributed by atoms with E-state index in [1.54, 1.807) is 6.07 Å². The summed E-state index contributed by atoms with van der Waals surface area (Å²) in [6.07, 6.45) is 0. The van der Waals surface area contributed by atoms with E-state index in [1.807, 2.05) is 19.9 Å². The number of aliphatic hydroxyl groups excluding tert-OH is 1. The highest BCUT2D eigenvalue weighted by atomic mass is 16.5. The average Bonchev–Trinajstić information content (AvgIpc) is 2.19. The van der Waals surface area contributed by atoms with Crippen LogP contribution in [0.2, 0.25) is 0 Å². The van der Waals surface area contributed by atoms with E-state index in [9.17, 15) is 4.79 Å². The molecule has 3 heteroatoms. The van der Waals surface area contributed by atoms with Gasteiger partial charge < -0.3 is 9.84 Å². The van der Waals surface area contributed by atoms with E-state index in [0.29, 0.717) is 5.56 Å². The van der Waals surface area contributed by atoms with Crippen LogP contribution in [0.25, 0.3) is 0 Å². The smallest absolute Gasteiger partial charge is 0.338 e. The van der Waals surface area contributed by atoms with Gasteiger partial charge in [-0.05, 0) is 36.6 Å². The first-order chi connectivity index (χ1) is 6.60. The van der Waals surface area contributed by atoms with Crippen LogP contribution in [0.4, 0.5) is 0 Å². The Hall–Kier alpha value is -1.35. The zero-order valence-corrected chi connectivity index (χ0v) is 8.63. The van der Waals surface area contributed by atoms with Gasteiger partial charge in [-0.25, -0.2) is 4.79 Å². The molecular formula is C11H14O3. The van der Waals surface area contributed by atoms with E-state index in [-0.39, 0.29) is 12.6 Å². The van der Waals surface area contributed by atoms with Gasteiger partial charge in [-0.15, -0.1) is 0 Å². The van der Waals surface area contributed by atoms with Crippen LogP contribution in [0.5, 0.6) is 0 Å². The van der Waals surface area contributed by atoms with Crippen LogP contribution in [-0.4, -0.2) is 18.2 Å². The summed E-state index contributed by atoms with van der Waals surface area (Å²) < 4.78 is 4.64. The monoisotopic (exact) mass is 194 g/mol. The molecule has 0 atom stereocenters. The lowest BCUT2D eigenvalue weighted by molar-refractivity contribution is 0.0599. The number of esters is 1. The number of carbonyl (C=O) groups is 1. The quantitative estimate of drug-likeness (QED) is 0.727. The lowest BCUT2D eigenvalue weighted by Gasteiger charge is -2.08. The maximum absolute atomic E-state index is 11.3. The second-order valence-corrected chi connectivity index (χ2v) is 3.24. The fourth-order valence-corrected chi connectivity index (χ4v) is 1.38. The first-order valence-corrected chi connectivity index (χ1v) is 4.39. The van der Waals surface area contributed by atoms with Gasteiger partial charge >= 0.3 is 5.97 Å². The number of carbonyl (C=O) groups excluding carboxylic acids is 1. The third kappa shape index (κ3) is 1.93. The molecule has 0 bridgehead atoms. The number of benzene rings is 1. The van der Waals surface area contributed by atoms with Gasteiger partial charge in [0.25, 0.3) is 0 Å². The molecule has 0 amide bonds. The van der Waals surface area contributed by atoms with Crippen LogP contribution in [-0.2, 0) is 11.3 Å². The van der Waals surface area contributed by atoms with Crippen molar-refractivity contribution >= 4 is 5.97 Å². The Morgan fingerprint density at radius 3 is 2.50 bits per heavy atom. The number of aryl methyl sites for hydroxylation is 2. The summed E-state index contributed by atoms with van der Waals surface area (Å²) in [5.74, 6) is -0.338. The third-order valence-electron chi connectivity index (χ3n) is 2.26. The van der Waals surface area contributed by atoms with Crippen molar-refractivity contribution < 1.29 is 14.6 Å². The highest BCUT2D eigenvalue weighted by Crippen LogP contribution is 2.16. The van der Waals surface area contributed by atoms with Crippen molar-refractivity contribution in [1.29, 1.82) is 0 Å². The number of ether oxygens (including phenoxy) is 1. The predicted molar refractivity (Wildman–Crippen MR) is 53.2 cm³/mol. The maximum atomic E-state index is 11.3. The second-order valence-electron chi connectivity index (χ2n) is 3.24. The minimum Gasteiger partial charge on any atom is -0.465 e.